The normalized spacial score (nSPS) is 22.2. The van der Waals surface area contributed by atoms with Gasteiger partial charge in [0.15, 0.2) is 5.76 Å². The van der Waals surface area contributed by atoms with Gasteiger partial charge in [-0.1, -0.05) is 5.16 Å². The average molecular weight is 396 g/mol. The topological polar surface area (TPSA) is 106 Å². The third-order valence-corrected chi connectivity index (χ3v) is 5.98. The molecule has 1 aliphatic rings. The van der Waals surface area contributed by atoms with Crippen LogP contribution in [0.2, 0.25) is 0 Å². The van der Waals surface area contributed by atoms with Crippen molar-refractivity contribution in [2.75, 3.05) is 20.2 Å². The summed E-state index contributed by atoms with van der Waals surface area (Å²) in [6, 6.07) is 1.70. The molecule has 12 heteroatoms. The van der Waals surface area contributed by atoms with Crippen LogP contribution in [0.15, 0.2) is 26.0 Å². The van der Waals surface area contributed by atoms with Gasteiger partial charge in [-0.15, -0.1) is 0 Å². The van der Waals surface area contributed by atoms with Crippen LogP contribution in [0, 0.1) is 6.92 Å². The van der Waals surface area contributed by atoms with E-state index >= 15 is 0 Å². The lowest BCUT2D eigenvalue weighted by molar-refractivity contribution is -0.155. The maximum atomic E-state index is 12.7. The number of furan rings is 1. The summed E-state index contributed by atoms with van der Waals surface area (Å²) in [6.07, 6.45) is -6.37. The molecule has 8 nitrogen and oxygen atoms in total. The molecular formula is C14H15F3N2O6S. The molecule has 1 aliphatic heterocycles. The molecule has 2 aromatic rings. The van der Waals surface area contributed by atoms with Crippen LogP contribution in [0.5, 0.6) is 0 Å². The van der Waals surface area contributed by atoms with Crippen molar-refractivity contribution in [3.8, 4) is 11.5 Å². The fourth-order valence-corrected chi connectivity index (χ4v) is 4.29. The number of methoxy groups -OCH3 is 1. The number of aryl methyl sites for hydroxylation is 1. The van der Waals surface area contributed by atoms with E-state index in [-0.39, 0.29) is 35.2 Å². The van der Waals surface area contributed by atoms with Gasteiger partial charge in [0.05, 0.1) is 12.2 Å². The smallest absolute Gasteiger partial charge is 0.452 e. The second-order valence-electron chi connectivity index (χ2n) is 5.77. The Labute approximate surface area is 146 Å². The molecule has 0 saturated carbocycles. The van der Waals surface area contributed by atoms with Gasteiger partial charge >= 0.3 is 6.18 Å². The van der Waals surface area contributed by atoms with Gasteiger partial charge in [-0.2, -0.15) is 17.5 Å². The molecule has 0 amide bonds. The van der Waals surface area contributed by atoms with E-state index in [1.54, 1.807) is 0 Å². The summed E-state index contributed by atoms with van der Waals surface area (Å²) in [4.78, 5) is -0.229. The maximum absolute atomic E-state index is 12.7. The second kappa shape index (κ2) is 6.37. The summed E-state index contributed by atoms with van der Waals surface area (Å²) in [5.74, 6) is -1.52. The van der Waals surface area contributed by atoms with Crippen LogP contribution in [0.4, 0.5) is 13.2 Å². The second-order valence-corrected chi connectivity index (χ2v) is 7.68. The molecule has 0 radical (unpaired) electrons. The van der Waals surface area contributed by atoms with Gasteiger partial charge in [0.1, 0.15) is 16.3 Å². The fourth-order valence-electron chi connectivity index (χ4n) is 2.66. The molecule has 0 bridgehead atoms. The van der Waals surface area contributed by atoms with Crippen molar-refractivity contribution in [1.82, 2.24) is 9.46 Å². The Morgan fingerprint density at radius 2 is 2.04 bits per heavy atom. The minimum absolute atomic E-state index is 0.0214. The fraction of sp³-hybridized carbons (Fsp3) is 0.500. The van der Waals surface area contributed by atoms with Crippen molar-refractivity contribution in [3.63, 3.8) is 0 Å². The molecule has 1 fully saturated rings. The summed E-state index contributed by atoms with van der Waals surface area (Å²) in [5, 5.41) is 13.1. The molecule has 2 aromatic heterocycles. The predicted octanol–water partition coefficient (Wildman–Crippen LogP) is 1.64. The summed E-state index contributed by atoms with van der Waals surface area (Å²) in [7, 11) is -2.68. The van der Waals surface area contributed by atoms with E-state index in [0.717, 1.165) is 10.4 Å². The highest BCUT2D eigenvalue weighted by atomic mass is 32.2. The van der Waals surface area contributed by atoms with Gasteiger partial charge in [0.2, 0.25) is 15.8 Å². The number of ether oxygens (including phenoxy) is 1. The molecule has 0 unspecified atom stereocenters. The van der Waals surface area contributed by atoms with Crippen molar-refractivity contribution in [2.45, 2.75) is 30.2 Å². The van der Waals surface area contributed by atoms with Crippen molar-refractivity contribution in [2.24, 2.45) is 0 Å². The first-order chi connectivity index (χ1) is 12.0. The minimum atomic E-state index is -4.72. The highest BCUT2D eigenvalue weighted by Crippen LogP contribution is 2.35. The van der Waals surface area contributed by atoms with Crippen LogP contribution in [-0.2, 0) is 20.9 Å². The largest absolute Gasteiger partial charge is 0.458 e. The number of rotatable bonds is 4. The molecule has 0 aliphatic carbocycles. The summed E-state index contributed by atoms with van der Waals surface area (Å²) >= 11 is 0. The number of alkyl halides is 3. The first-order valence-electron chi connectivity index (χ1n) is 7.39. The van der Waals surface area contributed by atoms with E-state index in [0.29, 0.717) is 6.07 Å². The third-order valence-electron chi connectivity index (χ3n) is 4.04. The SMILES string of the molecule is CO[C@H]1CN(S(=O)(=O)c2cc(-c3cc(C(F)(F)F)on3)oc2C)C[C@@H]1O. The Morgan fingerprint density at radius 1 is 1.35 bits per heavy atom. The molecule has 3 heterocycles. The number of aliphatic hydroxyl groups is 1. The highest BCUT2D eigenvalue weighted by Gasteiger charge is 2.41. The number of aromatic nitrogens is 1. The molecule has 0 aromatic carbocycles. The Kier molecular flexibility index (Phi) is 4.63. The number of hydrogen-bond donors (Lipinski definition) is 1. The quantitative estimate of drug-likeness (QED) is 0.837. The van der Waals surface area contributed by atoms with Crippen LogP contribution in [0.1, 0.15) is 11.5 Å². The monoisotopic (exact) mass is 396 g/mol. The van der Waals surface area contributed by atoms with E-state index in [9.17, 15) is 26.7 Å². The Balaban J connectivity index is 1.92. The molecule has 1 N–H and O–H groups in total. The van der Waals surface area contributed by atoms with Gasteiger partial charge in [-0.3, -0.25) is 0 Å². The van der Waals surface area contributed by atoms with Crippen LogP contribution in [0.25, 0.3) is 11.5 Å². The minimum Gasteiger partial charge on any atom is -0.458 e. The zero-order chi connectivity index (χ0) is 19.3. The third kappa shape index (κ3) is 3.24. The molecule has 26 heavy (non-hydrogen) atoms. The lowest BCUT2D eigenvalue weighted by Crippen LogP contribution is -2.30. The number of β-amino-alcohol motifs (C(OH)–C–C–N with tert-alkyl or cyclic N) is 1. The Bertz CT molecular complexity index is 904. The van der Waals surface area contributed by atoms with Crippen LogP contribution in [-0.4, -0.2) is 55.4 Å². The van der Waals surface area contributed by atoms with Gasteiger partial charge < -0.3 is 18.8 Å². The van der Waals surface area contributed by atoms with Crippen LogP contribution in [0.3, 0.4) is 0 Å². The number of nitrogens with zero attached hydrogens (tertiary/aromatic N) is 2. The molecule has 0 spiro atoms. The first-order valence-corrected chi connectivity index (χ1v) is 8.83. The molecule has 144 valence electrons. The standard InChI is InChI=1S/C14H15F3N2O6S/c1-7-12(26(21,22)19-5-9(20)11(6-19)23-2)4-10(24-7)8-3-13(25-18-8)14(15,16)17/h3-4,9,11,20H,5-6H2,1-2H3/t9-,11-/m0/s1. The molecule has 2 atom stereocenters. The summed E-state index contributed by atoms with van der Waals surface area (Å²) in [5.41, 5.74) is -0.280. The number of halogens is 3. The van der Waals surface area contributed by atoms with E-state index in [4.69, 9.17) is 9.15 Å². The van der Waals surface area contributed by atoms with Crippen molar-refractivity contribution in [3.05, 3.63) is 23.7 Å². The first kappa shape index (κ1) is 18.9. The van der Waals surface area contributed by atoms with E-state index < -0.39 is 34.2 Å². The summed E-state index contributed by atoms with van der Waals surface area (Å²) < 4.78 is 78.8. The van der Waals surface area contributed by atoms with Gasteiger partial charge in [-0.25, -0.2) is 8.42 Å². The number of aliphatic hydroxyl groups excluding tert-OH is 1. The van der Waals surface area contributed by atoms with Crippen molar-refractivity contribution < 1.29 is 40.4 Å². The summed E-state index contributed by atoms with van der Waals surface area (Å²) in [6.45, 7) is 1.15. The molecule has 1 saturated heterocycles. The Hall–Kier alpha value is -1.89. The zero-order valence-corrected chi connectivity index (χ0v) is 14.5. The number of hydrogen-bond acceptors (Lipinski definition) is 7. The van der Waals surface area contributed by atoms with Crippen LogP contribution >= 0.6 is 0 Å². The average Bonchev–Trinajstić information content (AvgIpc) is 3.23. The highest BCUT2D eigenvalue weighted by molar-refractivity contribution is 7.89. The van der Waals surface area contributed by atoms with E-state index in [1.807, 2.05) is 0 Å². The van der Waals surface area contributed by atoms with Gasteiger partial charge in [-0.05, 0) is 6.92 Å². The van der Waals surface area contributed by atoms with Crippen molar-refractivity contribution >= 4 is 10.0 Å². The molecule has 3 rings (SSSR count). The van der Waals surface area contributed by atoms with Crippen LogP contribution < -0.4 is 0 Å². The number of sulfonamides is 1. The Morgan fingerprint density at radius 3 is 2.58 bits per heavy atom. The predicted molar refractivity (Wildman–Crippen MR) is 79.5 cm³/mol. The van der Waals surface area contributed by atoms with Crippen molar-refractivity contribution in [1.29, 1.82) is 0 Å². The lowest BCUT2D eigenvalue weighted by atomic mass is 10.3. The van der Waals surface area contributed by atoms with Gasteiger partial charge in [0, 0.05) is 32.3 Å². The zero-order valence-electron chi connectivity index (χ0n) is 13.6. The maximum Gasteiger partial charge on any atom is 0.452 e. The lowest BCUT2D eigenvalue weighted by Gasteiger charge is -2.14. The van der Waals surface area contributed by atoms with E-state index in [2.05, 4.69) is 9.68 Å². The van der Waals surface area contributed by atoms with E-state index in [1.165, 1.54) is 14.0 Å². The molecular weight excluding hydrogens is 381 g/mol. The van der Waals surface area contributed by atoms with Gasteiger partial charge in [0.25, 0.3) is 0 Å².